The zero-order valence-corrected chi connectivity index (χ0v) is 20.1. The molecule has 1 saturated heterocycles. The summed E-state index contributed by atoms with van der Waals surface area (Å²) in [6, 6.07) is 8.37. The second-order valence-electron chi connectivity index (χ2n) is 9.21. The highest BCUT2D eigenvalue weighted by Gasteiger charge is 2.27. The number of carbonyl (C=O) groups is 1. The van der Waals surface area contributed by atoms with E-state index in [0.717, 1.165) is 53.6 Å². The molecular formula is C25H34N6O. The molecule has 4 rings (SSSR count). The number of rotatable bonds is 5. The van der Waals surface area contributed by atoms with Crippen molar-refractivity contribution >= 4 is 22.8 Å². The molecule has 32 heavy (non-hydrogen) atoms. The summed E-state index contributed by atoms with van der Waals surface area (Å²) in [5.41, 5.74) is 3.99. The highest BCUT2D eigenvalue weighted by molar-refractivity contribution is 5.91. The lowest BCUT2D eigenvalue weighted by Gasteiger charge is -2.36. The van der Waals surface area contributed by atoms with Crippen LogP contribution in [0.15, 0.2) is 24.3 Å². The van der Waals surface area contributed by atoms with Crippen LogP contribution in [0.5, 0.6) is 0 Å². The number of aromatic nitrogens is 4. The molecule has 1 aliphatic rings. The van der Waals surface area contributed by atoms with Gasteiger partial charge in [0.1, 0.15) is 11.6 Å². The summed E-state index contributed by atoms with van der Waals surface area (Å²) in [5, 5.41) is 5.86. The van der Waals surface area contributed by atoms with Gasteiger partial charge in [0, 0.05) is 38.0 Å². The summed E-state index contributed by atoms with van der Waals surface area (Å²) < 4.78 is 1.94. The number of anilines is 1. The van der Waals surface area contributed by atoms with Gasteiger partial charge in [0.2, 0.25) is 5.91 Å². The first kappa shape index (κ1) is 22.2. The minimum Gasteiger partial charge on any atom is -0.352 e. The minimum atomic E-state index is 0.0271. The van der Waals surface area contributed by atoms with E-state index >= 15 is 0 Å². The zero-order chi connectivity index (χ0) is 23.0. The van der Waals surface area contributed by atoms with Crippen molar-refractivity contribution in [1.82, 2.24) is 24.6 Å². The second-order valence-corrected chi connectivity index (χ2v) is 9.21. The quantitative estimate of drug-likeness (QED) is 0.601. The molecule has 170 valence electrons. The summed E-state index contributed by atoms with van der Waals surface area (Å²) in [4.78, 5) is 26.7. The second kappa shape index (κ2) is 8.88. The molecular weight excluding hydrogens is 400 g/mol. The maximum atomic E-state index is 12.4. The maximum Gasteiger partial charge on any atom is 0.225 e. The van der Waals surface area contributed by atoms with E-state index in [9.17, 15) is 4.79 Å². The molecule has 0 N–H and O–H groups in total. The standard InChI is InChI=1S/C25H34N6O/c1-7-18(5)22-26-23(29-12-14-30(15-13-29)25(32)16(2)3)21-19(6)28-31(24(21)27-22)20-10-8-17(4)9-11-20/h8-11,16,18H,7,12-15H2,1-6H3. The average Bonchev–Trinajstić information content (AvgIpc) is 3.14. The highest BCUT2D eigenvalue weighted by atomic mass is 16.2. The van der Waals surface area contributed by atoms with Crippen LogP contribution in [0.3, 0.4) is 0 Å². The largest absolute Gasteiger partial charge is 0.352 e. The van der Waals surface area contributed by atoms with Crippen molar-refractivity contribution < 1.29 is 4.79 Å². The van der Waals surface area contributed by atoms with Gasteiger partial charge in [-0.25, -0.2) is 14.6 Å². The van der Waals surface area contributed by atoms with E-state index in [2.05, 4.69) is 49.9 Å². The van der Waals surface area contributed by atoms with Gasteiger partial charge in [-0.1, -0.05) is 45.4 Å². The molecule has 0 radical (unpaired) electrons. The third-order valence-electron chi connectivity index (χ3n) is 6.42. The lowest BCUT2D eigenvalue weighted by molar-refractivity contribution is -0.134. The third-order valence-corrected chi connectivity index (χ3v) is 6.42. The molecule has 0 bridgehead atoms. The van der Waals surface area contributed by atoms with Gasteiger partial charge >= 0.3 is 0 Å². The molecule has 0 spiro atoms. The van der Waals surface area contributed by atoms with Gasteiger partial charge in [0.25, 0.3) is 0 Å². The number of fused-ring (bicyclic) bond motifs is 1. The summed E-state index contributed by atoms with van der Waals surface area (Å²) in [5.74, 6) is 2.30. The number of nitrogens with zero attached hydrogens (tertiary/aromatic N) is 6. The van der Waals surface area contributed by atoms with Crippen molar-refractivity contribution in [3.8, 4) is 5.69 Å². The molecule has 1 amide bonds. The van der Waals surface area contributed by atoms with Gasteiger partial charge in [0.15, 0.2) is 5.65 Å². The Kier molecular flexibility index (Phi) is 6.17. The molecule has 7 heteroatoms. The normalized spacial score (nSPS) is 15.6. The fraction of sp³-hybridized carbons (Fsp3) is 0.520. The van der Waals surface area contributed by atoms with Crippen LogP contribution >= 0.6 is 0 Å². The van der Waals surface area contributed by atoms with Crippen molar-refractivity contribution in [2.45, 2.75) is 53.9 Å². The Morgan fingerprint density at radius 1 is 1.00 bits per heavy atom. The molecule has 1 aliphatic heterocycles. The molecule has 3 aromatic rings. The van der Waals surface area contributed by atoms with Crippen LogP contribution in [0.2, 0.25) is 0 Å². The topological polar surface area (TPSA) is 67.2 Å². The van der Waals surface area contributed by atoms with Crippen LogP contribution in [0.25, 0.3) is 16.7 Å². The van der Waals surface area contributed by atoms with Crippen LogP contribution in [-0.4, -0.2) is 56.7 Å². The van der Waals surface area contributed by atoms with Crippen LogP contribution < -0.4 is 4.90 Å². The Labute approximate surface area is 190 Å². The van der Waals surface area contributed by atoms with Crippen LogP contribution in [0, 0.1) is 19.8 Å². The first-order valence-electron chi connectivity index (χ1n) is 11.7. The fourth-order valence-electron chi connectivity index (χ4n) is 4.18. The van der Waals surface area contributed by atoms with Gasteiger partial charge in [-0.05, 0) is 32.4 Å². The van der Waals surface area contributed by atoms with Crippen LogP contribution in [-0.2, 0) is 4.79 Å². The van der Waals surface area contributed by atoms with E-state index in [1.54, 1.807) is 0 Å². The summed E-state index contributed by atoms with van der Waals surface area (Å²) in [6.07, 6.45) is 0.971. The number of piperazine rings is 1. The molecule has 7 nitrogen and oxygen atoms in total. The Balaban J connectivity index is 1.78. The number of carbonyl (C=O) groups excluding carboxylic acids is 1. The fourth-order valence-corrected chi connectivity index (χ4v) is 4.18. The maximum absolute atomic E-state index is 12.4. The number of amides is 1. The molecule has 3 heterocycles. The van der Waals surface area contributed by atoms with Gasteiger partial charge in [0.05, 0.1) is 16.8 Å². The summed E-state index contributed by atoms with van der Waals surface area (Å²) in [7, 11) is 0. The molecule has 0 saturated carbocycles. The van der Waals surface area contributed by atoms with E-state index in [-0.39, 0.29) is 17.7 Å². The van der Waals surface area contributed by atoms with Gasteiger partial charge in [-0.15, -0.1) is 0 Å². The van der Waals surface area contributed by atoms with Crippen LogP contribution in [0.1, 0.15) is 57.1 Å². The zero-order valence-electron chi connectivity index (χ0n) is 20.1. The minimum absolute atomic E-state index is 0.0271. The van der Waals surface area contributed by atoms with Crippen molar-refractivity contribution in [2.24, 2.45) is 5.92 Å². The smallest absolute Gasteiger partial charge is 0.225 e. The van der Waals surface area contributed by atoms with Gasteiger partial charge in [-0.3, -0.25) is 4.79 Å². The van der Waals surface area contributed by atoms with Crippen molar-refractivity contribution in [3.05, 3.63) is 41.3 Å². The van der Waals surface area contributed by atoms with E-state index in [4.69, 9.17) is 15.1 Å². The lowest BCUT2D eigenvalue weighted by Crippen LogP contribution is -2.50. The molecule has 1 atom stereocenters. The molecule has 1 aromatic carbocycles. The summed E-state index contributed by atoms with van der Waals surface area (Å²) in [6.45, 7) is 15.3. The summed E-state index contributed by atoms with van der Waals surface area (Å²) >= 11 is 0. The van der Waals surface area contributed by atoms with Gasteiger partial charge in [-0.2, -0.15) is 5.10 Å². The van der Waals surface area contributed by atoms with E-state index in [1.807, 2.05) is 30.4 Å². The molecule has 0 aliphatic carbocycles. The predicted octanol–water partition coefficient (Wildman–Crippen LogP) is 4.25. The number of hydrogen-bond donors (Lipinski definition) is 0. The first-order valence-corrected chi connectivity index (χ1v) is 11.7. The van der Waals surface area contributed by atoms with Crippen molar-refractivity contribution in [2.75, 3.05) is 31.1 Å². The monoisotopic (exact) mass is 434 g/mol. The average molecular weight is 435 g/mol. The third kappa shape index (κ3) is 4.08. The van der Waals surface area contributed by atoms with E-state index in [0.29, 0.717) is 13.1 Å². The number of aryl methyl sites for hydroxylation is 2. The molecule has 1 fully saturated rings. The number of hydrogen-bond acceptors (Lipinski definition) is 5. The Morgan fingerprint density at radius 2 is 1.66 bits per heavy atom. The lowest BCUT2D eigenvalue weighted by atomic mass is 10.1. The van der Waals surface area contributed by atoms with Crippen LogP contribution in [0.4, 0.5) is 5.82 Å². The first-order chi connectivity index (χ1) is 15.3. The van der Waals surface area contributed by atoms with E-state index in [1.165, 1.54) is 5.56 Å². The SMILES string of the molecule is CCC(C)c1nc(N2CCN(C(=O)C(C)C)CC2)c2c(C)nn(-c3ccc(C)cc3)c2n1. The Bertz CT molecular complexity index is 1110. The Hall–Kier alpha value is -2.96. The van der Waals surface area contributed by atoms with Gasteiger partial charge < -0.3 is 9.80 Å². The predicted molar refractivity (Wildman–Crippen MR) is 128 cm³/mol. The Morgan fingerprint density at radius 3 is 2.25 bits per heavy atom. The molecule has 2 aromatic heterocycles. The highest BCUT2D eigenvalue weighted by Crippen LogP contribution is 2.31. The number of benzene rings is 1. The van der Waals surface area contributed by atoms with Crippen molar-refractivity contribution in [3.63, 3.8) is 0 Å². The van der Waals surface area contributed by atoms with Crippen molar-refractivity contribution in [1.29, 1.82) is 0 Å². The molecule has 1 unspecified atom stereocenters. The van der Waals surface area contributed by atoms with E-state index < -0.39 is 0 Å².